The quantitative estimate of drug-likeness (QED) is 0.408. The van der Waals surface area contributed by atoms with E-state index in [0.29, 0.717) is 12.3 Å². The fourth-order valence-electron chi connectivity index (χ4n) is 1.97. The van der Waals surface area contributed by atoms with E-state index < -0.39 is 0 Å². The smallest absolute Gasteiger partial charge is 0.142 e. The Hall–Kier alpha value is -1.42. The van der Waals surface area contributed by atoms with Crippen molar-refractivity contribution in [3.05, 3.63) is 29.6 Å². The molecule has 0 spiro atoms. The van der Waals surface area contributed by atoms with Gasteiger partial charge in [0.05, 0.1) is 12.7 Å². The van der Waals surface area contributed by atoms with Gasteiger partial charge in [-0.2, -0.15) is 0 Å². The molecule has 1 unspecified atom stereocenters. The molecule has 3 N–H and O–H groups in total. The highest BCUT2D eigenvalue weighted by atomic mass is 16.5. The number of pyridine rings is 1. The first-order valence-corrected chi connectivity index (χ1v) is 7.05. The van der Waals surface area contributed by atoms with Gasteiger partial charge in [-0.25, -0.2) is 0 Å². The van der Waals surface area contributed by atoms with Crippen molar-refractivity contribution in [1.29, 1.82) is 5.41 Å². The zero-order chi connectivity index (χ0) is 14.1. The lowest BCUT2D eigenvalue weighted by molar-refractivity contribution is 0.0456. The zero-order valence-corrected chi connectivity index (χ0v) is 12.0. The van der Waals surface area contributed by atoms with Gasteiger partial charge in [-0.15, -0.1) is 0 Å². The van der Waals surface area contributed by atoms with Gasteiger partial charge in [-0.1, -0.05) is 38.7 Å². The van der Waals surface area contributed by atoms with Crippen LogP contribution in [0.1, 0.15) is 57.2 Å². The highest BCUT2D eigenvalue weighted by Crippen LogP contribution is 2.12. The second-order valence-corrected chi connectivity index (χ2v) is 4.90. The Morgan fingerprint density at radius 2 is 2.21 bits per heavy atom. The van der Waals surface area contributed by atoms with Gasteiger partial charge in [-0.3, -0.25) is 10.4 Å². The van der Waals surface area contributed by atoms with Gasteiger partial charge < -0.3 is 10.5 Å². The number of nitrogens with two attached hydrogens (primary N) is 1. The lowest BCUT2D eigenvalue weighted by Gasteiger charge is -2.14. The molecule has 1 rings (SSSR count). The fraction of sp³-hybridized carbons (Fsp3) is 0.600. The average molecular weight is 263 g/mol. The Kier molecular flexibility index (Phi) is 7.11. The summed E-state index contributed by atoms with van der Waals surface area (Å²) in [7, 11) is 0. The molecule has 0 aliphatic rings. The van der Waals surface area contributed by atoms with Crippen molar-refractivity contribution in [2.24, 2.45) is 5.73 Å². The molecule has 0 aliphatic heterocycles. The van der Waals surface area contributed by atoms with E-state index in [2.05, 4.69) is 18.8 Å². The summed E-state index contributed by atoms with van der Waals surface area (Å²) in [6.45, 7) is 4.78. The molecular weight excluding hydrogens is 238 g/mol. The first kappa shape index (κ1) is 15.6. The van der Waals surface area contributed by atoms with Crippen LogP contribution in [0.25, 0.3) is 0 Å². The zero-order valence-electron chi connectivity index (χ0n) is 12.0. The van der Waals surface area contributed by atoms with Gasteiger partial charge in [0.25, 0.3) is 0 Å². The summed E-state index contributed by atoms with van der Waals surface area (Å²) in [5.74, 6) is -0.00482. The van der Waals surface area contributed by atoms with Gasteiger partial charge in [-0.05, 0) is 19.4 Å². The molecule has 0 aromatic carbocycles. The standard InChI is InChI=1S/C15H25N3O/c1-3-4-5-6-8-12(2)19-11-13-9-7-10-18-14(13)15(16)17/h7,9-10,12H,3-6,8,11H2,1-2H3,(H3,16,17). The lowest BCUT2D eigenvalue weighted by Crippen LogP contribution is -2.17. The second kappa shape index (κ2) is 8.64. The van der Waals surface area contributed by atoms with Crippen LogP contribution in [-0.4, -0.2) is 16.9 Å². The highest BCUT2D eigenvalue weighted by molar-refractivity contribution is 5.94. The van der Waals surface area contributed by atoms with E-state index in [1.165, 1.54) is 25.7 Å². The number of nitrogens with one attached hydrogen (secondary N) is 1. The summed E-state index contributed by atoms with van der Waals surface area (Å²) in [5, 5.41) is 7.48. The maximum Gasteiger partial charge on any atom is 0.142 e. The van der Waals surface area contributed by atoms with Crippen LogP contribution in [0.15, 0.2) is 18.3 Å². The Balaban J connectivity index is 2.37. The minimum Gasteiger partial charge on any atom is -0.382 e. The SMILES string of the molecule is CCCCCCC(C)OCc1cccnc1C(=N)N. The molecule has 19 heavy (non-hydrogen) atoms. The van der Waals surface area contributed by atoms with Crippen LogP contribution in [0.4, 0.5) is 0 Å². The van der Waals surface area contributed by atoms with Gasteiger partial charge in [0.1, 0.15) is 11.5 Å². The number of ether oxygens (including phenoxy) is 1. The van der Waals surface area contributed by atoms with E-state index in [1.54, 1.807) is 6.20 Å². The molecule has 1 heterocycles. The number of nitrogen functional groups attached to an aromatic ring is 1. The Morgan fingerprint density at radius 3 is 2.89 bits per heavy atom. The van der Waals surface area contributed by atoms with E-state index in [9.17, 15) is 0 Å². The molecule has 0 saturated carbocycles. The number of rotatable bonds is 9. The molecule has 0 aliphatic carbocycles. The Morgan fingerprint density at radius 1 is 1.42 bits per heavy atom. The summed E-state index contributed by atoms with van der Waals surface area (Å²) in [4.78, 5) is 4.11. The number of hydrogen-bond acceptors (Lipinski definition) is 3. The van der Waals surface area contributed by atoms with E-state index in [0.717, 1.165) is 12.0 Å². The second-order valence-electron chi connectivity index (χ2n) is 4.90. The van der Waals surface area contributed by atoms with Crippen molar-refractivity contribution in [1.82, 2.24) is 4.98 Å². The summed E-state index contributed by atoms with van der Waals surface area (Å²) < 4.78 is 5.81. The van der Waals surface area contributed by atoms with Crippen LogP contribution in [0.2, 0.25) is 0 Å². The van der Waals surface area contributed by atoms with Crippen molar-refractivity contribution in [3.8, 4) is 0 Å². The van der Waals surface area contributed by atoms with E-state index in [-0.39, 0.29) is 11.9 Å². The third-order valence-electron chi connectivity index (χ3n) is 3.13. The normalized spacial score (nSPS) is 12.3. The largest absolute Gasteiger partial charge is 0.382 e. The summed E-state index contributed by atoms with van der Waals surface area (Å²) >= 11 is 0. The van der Waals surface area contributed by atoms with Crippen molar-refractivity contribution in [3.63, 3.8) is 0 Å². The first-order chi connectivity index (χ1) is 9.15. The monoisotopic (exact) mass is 263 g/mol. The molecule has 0 amide bonds. The molecule has 106 valence electrons. The third kappa shape index (κ3) is 5.83. The van der Waals surface area contributed by atoms with Crippen molar-refractivity contribution >= 4 is 5.84 Å². The molecule has 4 heteroatoms. The van der Waals surface area contributed by atoms with Gasteiger partial charge in [0.15, 0.2) is 0 Å². The summed E-state index contributed by atoms with van der Waals surface area (Å²) in [6.07, 6.45) is 8.00. The van der Waals surface area contributed by atoms with Crippen molar-refractivity contribution < 1.29 is 4.74 Å². The van der Waals surface area contributed by atoms with Crippen LogP contribution >= 0.6 is 0 Å². The molecular formula is C15H25N3O. The number of aromatic nitrogens is 1. The Labute approximate surface area is 115 Å². The topological polar surface area (TPSA) is 72.0 Å². The predicted molar refractivity (Wildman–Crippen MR) is 78.3 cm³/mol. The van der Waals surface area contributed by atoms with E-state index in [1.807, 2.05) is 12.1 Å². The lowest BCUT2D eigenvalue weighted by atomic mass is 10.1. The molecule has 0 bridgehead atoms. The number of hydrogen-bond donors (Lipinski definition) is 2. The van der Waals surface area contributed by atoms with Gasteiger partial charge in [0.2, 0.25) is 0 Å². The number of unbranched alkanes of at least 4 members (excludes halogenated alkanes) is 3. The molecule has 1 aromatic rings. The van der Waals surface area contributed by atoms with Crippen LogP contribution < -0.4 is 5.73 Å². The average Bonchev–Trinajstić information content (AvgIpc) is 2.41. The summed E-state index contributed by atoms with van der Waals surface area (Å²) in [6, 6.07) is 3.75. The van der Waals surface area contributed by atoms with E-state index in [4.69, 9.17) is 15.9 Å². The molecule has 0 fully saturated rings. The molecule has 0 saturated heterocycles. The van der Waals surface area contributed by atoms with Crippen LogP contribution in [0.5, 0.6) is 0 Å². The maximum absolute atomic E-state index is 7.48. The van der Waals surface area contributed by atoms with Crippen molar-refractivity contribution in [2.45, 2.75) is 58.7 Å². The third-order valence-corrected chi connectivity index (χ3v) is 3.13. The fourth-order valence-corrected chi connectivity index (χ4v) is 1.97. The summed E-state index contributed by atoms with van der Waals surface area (Å²) in [5.41, 5.74) is 6.91. The van der Waals surface area contributed by atoms with Crippen LogP contribution in [-0.2, 0) is 11.3 Å². The Bertz CT molecular complexity index is 393. The van der Waals surface area contributed by atoms with Crippen LogP contribution in [0.3, 0.4) is 0 Å². The maximum atomic E-state index is 7.48. The van der Waals surface area contributed by atoms with Gasteiger partial charge in [0, 0.05) is 11.8 Å². The molecule has 1 atom stereocenters. The number of nitrogens with zero attached hydrogens (tertiary/aromatic N) is 1. The molecule has 4 nitrogen and oxygen atoms in total. The van der Waals surface area contributed by atoms with Crippen LogP contribution in [0, 0.1) is 5.41 Å². The number of amidine groups is 1. The predicted octanol–water partition coefficient (Wildman–Crippen LogP) is 3.24. The first-order valence-electron chi connectivity index (χ1n) is 7.05. The molecule has 1 aromatic heterocycles. The minimum atomic E-state index is -0.00482. The van der Waals surface area contributed by atoms with Gasteiger partial charge >= 0.3 is 0 Å². The highest BCUT2D eigenvalue weighted by Gasteiger charge is 2.08. The van der Waals surface area contributed by atoms with E-state index >= 15 is 0 Å². The van der Waals surface area contributed by atoms with Crippen molar-refractivity contribution in [2.75, 3.05) is 0 Å². The minimum absolute atomic E-state index is 0.00482. The molecule has 0 radical (unpaired) electrons.